The zero-order valence-corrected chi connectivity index (χ0v) is 9.50. The van der Waals surface area contributed by atoms with Crippen molar-refractivity contribution in [1.82, 2.24) is 4.98 Å². The molecule has 1 aromatic heterocycles. The summed E-state index contributed by atoms with van der Waals surface area (Å²) in [6.07, 6.45) is 1.40. The highest BCUT2D eigenvalue weighted by molar-refractivity contribution is 5.91. The lowest BCUT2D eigenvalue weighted by Gasteiger charge is -2.08. The Hall–Kier alpha value is -2.94. The van der Waals surface area contributed by atoms with Crippen LogP contribution in [0.15, 0.2) is 36.5 Å². The second kappa shape index (κ2) is 5.14. The van der Waals surface area contributed by atoms with Crippen LogP contribution in [0.25, 0.3) is 0 Å². The van der Waals surface area contributed by atoms with Crippen molar-refractivity contribution in [3.05, 3.63) is 53.5 Å². The lowest BCUT2D eigenvalue weighted by atomic mass is 10.2. The number of carboxylic acids is 1. The summed E-state index contributed by atoms with van der Waals surface area (Å²) >= 11 is 0. The molecule has 2 rings (SSSR count). The van der Waals surface area contributed by atoms with Crippen molar-refractivity contribution in [2.24, 2.45) is 0 Å². The Balaban J connectivity index is 2.44. The van der Waals surface area contributed by atoms with Crippen LogP contribution in [0.2, 0.25) is 0 Å². The maximum absolute atomic E-state index is 13.0. The molecule has 19 heavy (non-hydrogen) atoms. The van der Waals surface area contributed by atoms with Crippen molar-refractivity contribution in [1.29, 1.82) is 5.26 Å². The van der Waals surface area contributed by atoms with E-state index >= 15 is 0 Å². The van der Waals surface area contributed by atoms with Gasteiger partial charge < -0.3 is 9.84 Å². The first kappa shape index (κ1) is 12.5. The topological polar surface area (TPSA) is 83.2 Å². The highest BCUT2D eigenvalue weighted by Crippen LogP contribution is 2.26. The van der Waals surface area contributed by atoms with Gasteiger partial charge in [0.05, 0.1) is 0 Å². The predicted molar refractivity (Wildman–Crippen MR) is 62.4 cm³/mol. The average Bonchev–Trinajstić information content (AvgIpc) is 2.41. The molecule has 0 bridgehead atoms. The molecule has 0 spiro atoms. The number of hydrogen-bond donors (Lipinski definition) is 1. The molecule has 0 aliphatic heterocycles. The number of pyridine rings is 1. The van der Waals surface area contributed by atoms with Crippen LogP contribution in [0.3, 0.4) is 0 Å². The minimum Gasteiger partial charge on any atom is -0.478 e. The number of aromatic carboxylic acids is 1. The normalized spacial score (nSPS) is 9.68. The van der Waals surface area contributed by atoms with Gasteiger partial charge in [0, 0.05) is 6.20 Å². The van der Waals surface area contributed by atoms with Gasteiger partial charge in [-0.25, -0.2) is 14.2 Å². The zero-order valence-electron chi connectivity index (χ0n) is 9.50. The molecule has 5 nitrogen and oxygen atoms in total. The Morgan fingerprint density at radius 3 is 2.89 bits per heavy atom. The Bertz CT molecular complexity index is 680. The van der Waals surface area contributed by atoms with Gasteiger partial charge in [0.15, 0.2) is 0 Å². The second-order valence-electron chi connectivity index (χ2n) is 3.52. The number of nitriles is 1. The van der Waals surface area contributed by atoms with Crippen LogP contribution in [-0.2, 0) is 0 Å². The second-order valence-corrected chi connectivity index (χ2v) is 3.52. The highest BCUT2D eigenvalue weighted by Gasteiger charge is 2.15. The van der Waals surface area contributed by atoms with Gasteiger partial charge in [0.25, 0.3) is 0 Å². The summed E-state index contributed by atoms with van der Waals surface area (Å²) in [5.41, 5.74) is -0.183. The minimum atomic E-state index is -1.33. The van der Waals surface area contributed by atoms with E-state index < -0.39 is 11.8 Å². The molecule has 6 heteroatoms. The van der Waals surface area contributed by atoms with E-state index in [4.69, 9.17) is 15.1 Å². The quantitative estimate of drug-likeness (QED) is 0.914. The van der Waals surface area contributed by atoms with Gasteiger partial charge in [-0.1, -0.05) is 0 Å². The smallest absolute Gasteiger partial charge is 0.339 e. The molecule has 0 atom stereocenters. The largest absolute Gasteiger partial charge is 0.478 e. The Kier molecular flexibility index (Phi) is 3.39. The molecule has 0 fully saturated rings. The van der Waals surface area contributed by atoms with Gasteiger partial charge in [-0.3, -0.25) is 0 Å². The van der Waals surface area contributed by atoms with E-state index in [1.807, 2.05) is 6.07 Å². The summed E-state index contributed by atoms with van der Waals surface area (Å²) < 4.78 is 18.3. The van der Waals surface area contributed by atoms with E-state index in [1.54, 1.807) is 6.07 Å². The van der Waals surface area contributed by atoms with Crippen molar-refractivity contribution in [3.8, 4) is 17.7 Å². The first-order valence-corrected chi connectivity index (χ1v) is 5.17. The van der Waals surface area contributed by atoms with Crippen molar-refractivity contribution >= 4 is 5.97 Å². The number of halogens is 1. The summed E-state index contributed by atoms with van der Waals surface area (Å²) in [6, 6.07) is 7.98. The molecule has 0 amide bonds. The van der Waals surface area contributed by atoms with Crippen LogP contribution in [0.1, 0.15) is 15.9 Å². The third kappa shape index (κ3) is 2.66. The number of nitrogens with zero attached hydrogens (tertiary/aromatic N) is 2. The lowest BCUT2D eigenvalue weighted by molar-refractivity contribution is 0.0693. The summed E-state index contributed by atoms with van der Waals surface area (Å²) in [6.45, 7) is 0. The van der Waals surface area contributed by atoms with E-state index in [1.165, 1.54) is 18.3 Å². The molecule has 0 unspecified atom stereocenters. The first-order valence-electron chi connectivity index (χ1n) is 5.17. The molecular weight excluding hydrogens is 251 g/mol. The van der Waals surface area contributed by atoms with Gasteiger partial charge in [-0.2, -0.15) is 5.26 Å². The number of hydrogen-bond acceptors (Lipinski definition) is 4. The number of ether oxygens (including phenoxy) is 1. The van der Waals surface area contributed by atoms with Crippen LogP contribution in [0, 0.1) is 17.1 Å². The average molecular weight is 258 g/mol. The molecule has 1 heterocycles. The van der Waals surface area contributed by atoms with Crippen molar-refractivity contribution in [2.75, 3.05) is 0 Å². The molecule has 2 aromatic rings. The number of carboxylic acid groups (broad SMARTS) is 1. The van der Waals surface area contributed by atoms with Crippen LogP contribution in [0.4, 0.5) is 4.39 Å². The maximum atomic E-state index is 13.0. The summed E-state index contributed by atoms with van der Waals surface area (Å²) in [5, 5.41) is 17.8. The Labute approximate surface area is 107 Å². The standard InChI is InChI=1S/C13H7FN2O3/c14-9-3-4-11(10(6-9)13(17)18)19-12-8(7-15)2-1-5-16-12/h1-6H,(H,17,18). The minimum absolute atomic E-state index is 0.0286. The lowest BCUT2D eigenvalue weighted by Crippen LogP contribution is -2.02. The van der Waals surface area contributed by atoms with Crippen LogP contribution >= 0.6 is 0 Å². The summed E-state index contributed by atoms with van der Waals surface area (Å²) in [7, 11) is 0. The highest BCUT2D eigenvalue weighted by atomic mass is 19.1. The van der Waals surface area contributed by atoms with E-state index in [-0.39, 0.29) is 22.8 Å². The molecule has 1 N–H and O–H groups in total. The molecule has 0 aliphatic carbocycles. The third-order valence-corrected chi connectivity index (χ3v) is 2.27. The van der Waals surface area contributed by atoms with Crippen molar-refractivity contribution in [2.45, 2.75) is 0 Å². The van der Waals surface area contributed by atoms with Gasteiger partial charge in [-0.05, 0) is 30.3 Å². The van der Waals surface area contributed by atoms with Gasteiger partial charge >= 0.3 is 5.97 Å². The van der Waals surface area contributed by atoms with Crippen molar-refractivity contribution in [3.63, 3.8) is 0 Å². The molecular formula is C13H7FN2O3. The van der Waals surface area contributed by atoms with Crippen LogP contribution in [0.5, 0.6) is 11.6 Å². The molecule has 0 aliphatic rings. The molecule has 0 saturated carbocycles. The van der Waals surface area contributed by atoms with Gasteiger partial charge in [-0.15, -0.1) is 0 Å². The van der Waals surface area contributed by atoms with Gasteiger partial charge in [0.2, 0.25) is 5.88 Å². The fraction of sp³-hybridized carbons (Fsp3) is 0. The number of carbonyl (C=O) groups is 1. The maximum Gasteiger partial charge on any atom is 0.339 e. The van der Waals surface area contributed by atoms with E-state index in [0.717, 1.165) is 12.1 Å². The fourth-order valence-corrected chi connectivity index (χ4v) is 1.42. The molecule has 1 aromatic carbocycles. The molecule has 0 radical (unpaired) electrons. The fourth-order valence-electron chi connectivity index (χ4n) is 1.42. The van der Waals surface area contributed by atoms with Gasteiger partial charge in [0.1, 0.15) is 28.8 Å². The van der Waals surface area contributed by atoms with E-state index in [0.29, 0.717) is 0 Å². The number of aromatic nitrogens is 1. The van der Waals surface area contributed by atoms with Crippen LogP contribution in [-0.4, -0.2) is 16.1 Å². The van der Waals surface area contributed by atoms with Crippen LogP contribution < -0.4 is 4.74 Å². The first-order chi connectivity index (χ1) is 9.11. The van der Waals surface area contributed by atoms with E-state index in [2.05, 4.69) is 4.98 Å². The molecule has 94 valence electrons. The SMILES string of the molecule is N#Cc1cccnc1Oc1ccc(F)cc1C(=O)O. The number of rotatable bonds is 3. The monoisotopic (exact) mass is 258 g/mol. The Morgan fingerprint density at radius 1 is 1.42 bits per heavy atom. The third-order valence-electron chi connectivity index (χ3n) is 2.27. The molecule has 0 saturated heterocycles. The predicted octanol–water partition coefficient (Wildman–Crippen LogP) is 2.58. The number of benzene rings is 1. The summed E-state index contributed by atoms with van der Waals surface area (Å²) in [5.74, 6) is -2.13. The zero-order chi connectivity index (χ0) is 13.8. The summed E-state index contributed by atoms with van der Waals surface area (Å²) in [4.78, 5) is 14.8. The van der Waals surface area contributed by atoms with Crippen molar-refractivity contribution < 1.29 is 19.0 Å². The Morgan fingerprint density at radius 2 is 2.21 bits per heavy atom. The van der Waals surface area contributed by atoms with E-state index in [9.17, 15) is 9.18 Å².